The number of nitrogens with zero attached hydrogens (tertiary/aromatic N) is 2. The summed E-state index contributed by atoms with van der Waals surface area (Å²) in [4.78, 5) is -0.240. The number of aromatic hydroxyl groups is 1. The van der Waals surface area contributed by atoms with Crippen molar-refractivity contribution in [1.29, 1.82) is 0 Å². The molecule has 0 fully saturated rings. The van der Waals surface area contributed by atoms with Crippen LogP contribution < -0.4 is 5.73 Å². The molecular weight excluding hydrogens is 362 g/mol. The van der Waals surface area contributed by atoms with Gasteiger partial charge in [-0.1, -0.05) is 5.04 Å². The third-order valence-corrected chi connectivity index (χ3v) is 4.81. The van der Waals surface area contributed by atoms with Crippen LogP contribution in [0.5, 0.6) is 5.75 Å². The summed E-state index contributed by atoms with van der Waals surface area (Å²) in [6.07, 6.45) is 0. The van der Waals surface area contributed by atoms with Crippen molar-refractivity contribution in [1.82, 2.24) is 0 Å². The quantitative estimate of drug-likeness (QED) is 0.153. The van der Waals surface area contributed by atoms with Crippen molar-refractivity contribution < 1.29 is 32.7 Å². The van der Waals surface area contributed by atoms with Gasteiger partial charge in [0.05, 0.1) is 17.7 Å². The first-order chi connectivity index (χ1) is 11.2. The van der Waals surface area contributed by atoms with Crippen molar-refractivity contribution in [2.75, 3.05) is 12.8 Å². The summed E-state index contributed by atoms with van der Waals surface area (Å²) >= 11 is 0.583. The lowest BCUT2D eigenvalue weighted by Crippen LogP contribution is -2.02. The SMILES string of the molecule is CN=Nc1c(S(=O)(=O)O)cc2cc(SOOO)c(C)c(O)c2c1N. The Kier molecular flexibility index (Phi) is 5.27. The van der Waals surface area contributed by atoms with Gasteiger partial charge >= 0.3 is 0 Å². The zero-order valence-corrected chi connectivity index (χ0v) is 14.1. The molecule has 24 heavy (non-hydrogen) atoms. The minimum atomic E-state index is -4.64. The van der Waals surface area contributed by atoms with Crippen molar-refractivity contribution in [2.24, 2.45) is 10.2 Å². The number of hydrogen-bond acceptors (Lipinski definition) is 10. The summed E-state index contributed by atoms with van der Waals surface area (Å²) in [6.45, 7) is 1.55. The predicted molar refractivity (Wildman–Crippen MR) is 85.7 cm³/mol. The molecular formula is C12H13N3O7S2. The van der Waals surface area contributed by atoms with Gasteiger partial charge in [-0.3, -0.25) is 4.55 Å². The molecule has 2 aromatic carbocycles. The highest BCUT2D eigenvalue weighted by Crippen LogP contribution is 2.45. The van der Waals surface area contributed by atoms with Crippen LogP contribution in [0.15, 0.2) is 32.2 Å². The minimum absolute atomic E-state index is 0.136. The third-order valence-electron chi connectivity index (χ3n) is 3.21. The Morgan fingerprint density at radius 3 is 2.54 bits per heavy atom. The minimum Gasteiger partial charge on any atom is -0.507 e. The molecule has 10 nitrogen and oxygen atoms in total. The van der Waals surface area contributed by atoms with Crippen LogP contribution in [0.1, 0.15) is 5.56 Å². The Balaban J connectivity index is 2.92. The van der Waals surface area contributed by atoms with E-state index in [2.05, 4.69) is 19.6 Å². The van der Waals surface area contributed by atoms with E-state index < -0.39 is 15.0 Å². The van der Waals surface area contributed by atoms with E-state index in [1.165, 1.54) is 13.1 Å². The summed E-state index contributed by atoms with van der Waals surface area (Å²) in [5.74, 6) is -0.247. The van der Waals surface area contributed by atoms with Gasteiger partial charge in [-0.2, -0.15) is 18.6 Å². The summed E-state index contributed by atoms with van der Waals surface area (Å²) < 4.78 is 36.9. The van der Waals surface area contributed by atoms with E-state index in [1.54, 1.807) is 6.92 Å². The van der Waals surface area contributed by atoms with Gasteiger partial charge in [-0.25, -0.2) is 5.26 Å². The fourth-order valence-corrected chi connectivity index (χ4v) is 3.33. The molecule has 0 bridgehead atoms. The number of rotatable bonds is 5. The van der Waals surface area contributed by atoms with Gasteiger partial charge in [0.1, 0.15) is 16.3 Å². The molecule has 130 valence electrons. The highest BCUT2D eigenvalue weighted by molar-refractivity contribution is 7.94. The van der Waals surface area contributed by atoms with E-state index in [-0.39, 0.29) is 27.9 Å². The van der Waals surface area contributed by atoms with Crippen LogP contribution in [0.2, 0.25) is 0 Å². The maximum absolute atomic E-state index is 11.6. The first-order valence-corrected chi connectivity index (χ1v) is 8.41. The first-order valence-electron chi connectivity index (χ1n) is 6.23. The van der Waals surface area contributed by atoms with Gasteiger partial charge < -0.3 is 10.8 Å². The molecule has 2 rings (SSSR count). The van der Waals surface area contributed by atoms with Gasteiger partial charge in [-0.15, -0.1) is 4.33 Å². The lowest BCUT2D eigenvalue weighted by Gasteiger charge is -2.14. The van der Waals surface area contributed by atoms with Crippen molar-refractivity contribution in [3.8, 4) is 5.75 Å². The van der Waals surface area contributed by atoms with E-state index in [4.69, 9.17) is 11.0 Å². The largest absolute Gasteiger partial charge is 0.507 e. The molecule has 0 heterocycles. The fraction of sp³-hybridized carbons (Fsp3) is 0.167. The number of anilines is 1. The Hall–Kier alpha value is -1.96. The molecule has 12 heteroatoms. The van der Waals surface area contributed by atoms with Gasteiger partial charge in [0, 0.05) is 22.9 Å². The number of azo groups is 1. The normalized spacial score (nSPS) is 12.3. The molecule has 0 saturated carbocycles. The number of nitrogen functional groups attached to an aromatic ring is 1. The molecule has 5 N–H and O–H groups in total. The second kappa shape index (κ2) is 6.88. The molecule has 2 aromatic rings. The Morgan fingerprint density at radius 2 is 2.00 bits per heavy atom. The number of phenols is 1. The average Bonchev–Trinajstić information content (AvgIpc) is 2.50. The average molecular weight is 375 g/mol. The topological polar surface area (TPSA) is 164 Å². The second-order valence-corrected chi connectivity index (χ2v) is 6.72. The molecule has 0 unspecified atom stereocenters. The highest BCUT2D eigenvalue weighted by Gasteiger charge is 2.23. The fourth-order valence-electron chi connectivity index (χ4n) is 2.16. The molecule has 0 aliphatic heterocycles. The summed E-state index contributed by atoms with van der Waals surface area (Å²) in [5, 5.41) is 29.5. The second-order valence-electron chi connectivity index (χ2n) is 4.58. The van der Waals surface area contributed by atoms with Gasteiger partial charge in [0.2, 0.25) is 0 Å². The monoisotopic (exact) mass is 375 g/mol. The summed E-state index contributed by atoms with van der Waals surface area (Å²) in [6, 6.07) is 2.53. The van der Waals surface area contributed by atoms with Gasteiger partial charge in [0.15, 0.2) is 0 Å². The third kappa shape index (κ3) is 3.28. The number of fused-ring (bicyclic) bond motifs is 1. The standard InChI is InChI=1S/C12H13N3O7S2/c1-5-7(23-22-21-17)3-6-4-8(24(18,19)20)11(15-14-2)10(13)9(6)12(5)16/h3-4,16-17H,13H2,1-2H3,(H,18,19,20). The smallest absolute Gasteiger partial charge is 0.296 e. The van der Waals surface area contributed by atoms with Gasteiger partial charge in [0.25, 0.3) is 10.1 Å². The van der Waals surface area contributed by atoms with E-state index in [0.29, 0.717) is 22.5 Å². The summed E-state index contributed by atoms with van der Waals surface area (Å²) in [7, 11) is -3.34. The Bertz CT molecular complexity index is 928. The zero-order chi connectivity index (χ0) is 18.1. The van der Waals surface area contributed by atoms with Crippen LogP contribution >= 0.6 is 12.0 Å². The molecule has 0 aliphatic carbocycles. The number of phenolic OH excluding ortho intramolecular Hbond substituents is 1. The number of nitrogens with two attached hydrogens (primary N) is 1. The zero-order valence-electron chi connectivity index (χ0n) is 12.4. The van der Waals surface area contributed by atoms with Crippen LogP contribution in [0.25, 0.3) is 10.8 Å². The van der Waals surface area contributed by atoms with Crippen molar-refractivity contribution in [2.45, 2.75) is 16.7 Å². The van der Waals surface area contributed by atoms with Crippen LogP contribution in [0.4, 0.5) is 11.4 Å². The molecule has 0 radical (unpaired) electrons. The highest BCUT2D eigenvalue weighted by atomic mass is 32.2. The first kappa shape index (κ1) is 18.4. The molecule has 0 spiro atoms. The Morgan fingerprint density at radius 1 is 1.33 bits per heavy atom. The van der Waals surface area contributed by atoms with E-state index in [9.17, 15) is 18.1 Å². The molecule has 0 aliphatic rings. The van der Waals surface area contributed by atoms with E-state index in [1.807, 2.05) is 0 Å². The molecule has 0 aromatic heterocycles. The predicted octanol–water partition coefficient (Wildman–Crippen LogP) is 2.82. The van der Waals surface area contributed by atoms with Crippen LogP contribution in [0.3, 0.4) is 0 Å². The lowest BCUT2D eigenvalue weighted by molar-refractivity contribution is -0.432. The Labute approximate surface area is 140 Å². The van der Waals surface area contributed by atoms with Crippen LogP contribution in [-0.2, 0) is 19.5 Å². The van der Waals surface area contributed by atoms with Crippen LogP contribution in [-0.4, -0.2) is 30.4 Å². The van der Waals surface area contributed by atoms with Gasteiger partial charge in [-0.05, 0) is 24.4 Å². The van der Waals surface area contributed by atoms with Crippen LogP contribution in [0, 0.1) is 6.92 Å². The number of benzene rings is 2. The van der Waals surface area contributed by atoms with Crippen molar-refractivity contribution in [3.05, 3.63) is 17.7 Å². The summed E-state index contributed by atoms with van der Waals surface area (Å²) in [5.41, 5.74) is 5.83. The maximum Gasteiger partial charge on any atom is 0.296 e. The molecule has 0 atom stereocenters. The lowest BCUT2D eigenvalue weighted by atomic mass is 10.0. The van der Waals surface area contributed by atoms with E-state index in [0.717, 1.165) is 6.07 Å². The number of hydrogen-bond donors (Lipinski definition) is 4. The van der Waals surface area contributed by atoms with Crippen molar-refractivity contribution >= 4 is 44.3 Å². The van der Waals surface area contributed by atoms with Crippen molar-refractivity contribution in [3.63, 3.8) is 0 Å². The van der Waals surface area contributed by atoms with E-state index >= 15 is 0 Å². The molecule has 0 saturated heterocycles. The molecule has 0 amide bonds. The maximum atomic E-state index is 11.6.